The molecule has 82 valence electrons. The van der Waals surface area contributed by atoms with E-state index in [1.54, 1.807) is 0 Å². The zero-order valence-electron chi connectivity index (χ0n) is 9.17. The Morgan fingerprint density at radius 2 is 2.13 bits per heavy atom. The second kappa shape index (κ2) is 5.03. The molecule has 0 aliphatic carbocycles. The van der Waals surface area contributed by atoms with Crippen molar-refractivity contribution in [1.82, 2.24) is 0 Å². The Morgan fingerprint density at radius 1 is 1.47 bits per heavy atom. The summed E-state index contributed by atoms with van der Waals surface area (Å²) in [5, 5.41) is 2.72. The highest BCUT2D eigenvalue weighted by Crippen LogP contribution is 2.22. The topological polar surface area (TPSA) is 32.3 Å². The number of rotatable bonds is 3. The van der Waals surface area contributed by atoms with Crippen LogP contribution >= 0.6 is 11.6 Å². The fourth-order valence-electron chi connectivity index (χ4n) is 1.36. The highest BCUT2D eigenvalue weighted by molar-refractivity contribution is 6.29. The van der Waals surface area contributed by atoms with Crippen LogP contribution in [-0.2, 0) is 4.79 Å². The molecule has 15 heavy (non-hydrogen) atoms. The molecule has 0 aliphatic rings. The first-order chi connectivity index (χ1) is 7.04. The van der Waals surface area contributed by atoms with Gasteiger partial charge in [-0.3, -0.25) is 4.79 Å². The van der Waals surface area contributed by atoms with Gasteiger partial charge in [0.15, 0.2) is 0 Å². The normalized spacial score (nSPS) is 9.87. The van der Waals surface area contributed by atoms with Crippen molar-refractivity contribution >= 4 is 28.9 Å². The number of nitrogens with zero attached hydrogens (tertiary/aromatic N) is 1. The molecule has 1 aromatic rings. The van der Waals surface area contributed by atoms with Gasteiger partial charge in [-0.25, -0.2) is 0 Å². The molecule has 0 heterocycles. The van der Waals surface area contributed by atoms with Gasteiger partial charge in [-0.2, -0.15) is 0 Å². The van der Waals surface area contributed by atoms with Crippen LogP contribution in [-0.4, -0.2) is 25.9 Å². The SMILES string of the molecule is Cc1ccc(NC(=O)CCl)cc1N(C)C. The lowest BCUT2D eigenvalue weighted by Crippen LogP contribution is -2.14. The van der Waals surface area contributed by atoms with Gasteiger partial charge in [-0.05, 0) is 24.6 Å². The van der Waals surface area contributed by atoms with Crippen molar-refractivity contribution in [3.8, 4) is 0 Å². The van der Waals surface area contributed by atoms with Crippen molar-refractivity contribution in [2.24, 2.45) is 0 Å². The van der Waals surface area contributed by atoms with E-state index in [1.807, 2.05) is 44.1 Å². The summed E-state index contributed by atoms with van der Waals surface area (Å²) < 4.78 is 0. The number of hydrogen-bond donors (Lipinski definition) is 1. The summed E-state index contributed by atoms with van der Waals surface area (Å²) in [4.78, 5) is 13.1. The Labute approximate surface area is 95.0 Å². The van der Waals surface area contributed by atoms with Gasteiger partial charge >= 0.3 is 0 Å². The van der Waals surface area contributed by atoms with Crippen molar-refractivity contribution in [3.63, 3.8) is 0 Å². The maximum atomic E-state index is 11.1. The van der Waals surface area contributed by atoms with Gasteiger partial charge in [-0.15, -0.1) is 11.6 Å². The minimum atomic E-state index is -0.190. The number of anilines is 2. The average Bonchev–Trinajstić information content (AvgIpc) is 2.20. The third-order valence-electron chi connectivity index (χ3n) is 2.10. The summed E-state index contributed by atoms with van der Waals surface area (Å²) in [6.07, 6.45) is 0. The molecule has 0 aromatic heterocycles. The summed E-state index contributed by atoms with van der Waals surface area (Å²) in [6.45, 7) is 2.03. The van der Waals surface area contributed by atoms with Crippen LogP contribution in [0.5, 0.6) is 0 Å². The lowest BCUT2D eigenvalue weighted by Gasteiger charge is -2.16. The van der Waals surface area contributed by atoms with Gasteiger partial charge in [0.05, 0.1) is 0 Å². The Bertz CT molecular complexity index is 364. The average molecular weight is 227 g/mol. The summed E-state index contributed by atoms with van der Waals surface area (Å²) in [6, 6.07) is 5.77. The van der Waals surface area contributed by atoms with Crippen molar-refractivity contribution < 1.29 is 4.79 Å². The fourth-order valence-corrected chi connectivity index (χ4v) is 1.43. The predicted octanol–water partition coefficient (Wildman–Crippen LogP) is 2.24. The van der Waals surface area contributed by atoms with Crippen molar-refractivity contribution in [1.29, 1.82) is 0 Å². The molecule has 1 aromatic carbocycles. The Morgan fingerprint density at radius 3 is 2.67 bits per heavy atom. The van der Waals surface area contributed by atoms with E-state index in [2.05, 4.69) is 5.32 Å². The van der Waals surface area contributed by atoms with Gasteiger partial charge in [0.2, 0.25) is 5.91 Å². The van der Waals surface area contributed by atoms with E-state index in [4.69, 9.17) is 11.6 Å². The van der Waals surface area contributed by atoms with E-state index in [0.29, 0.717) is 0 Å². The number of carbonyl (C=O) groups excluding carboxylic acids is 1. The van der Waals surface area contributed by atoms with Crippen LogP contribution < -0.4 is 10.2 Å². The van der Waals surface area contributed by atoms with Crippen LogP contribution in [0, 0.1) is 6.92 Å². The molecule has 0 fully saturated rings. The van der Waals surface area contributed by atoms with E-state index in [9.17, 15) is 4.79 Å². The van der Waals surface area contributed by atoms with Crippen LogP contribution in [0.15, 0.2) is 18.2 Å². The van der Waals surface area contributed by atoms with E-state index in [1.165, 1.54) is 5.56 Å². The third-order valence-corrected chi connectivity index (χ3v) is 2.34. The number of aryl methyl sites for hydroxylation is 1. The summed E-state index contributed by atoms with van der Waals surface area (Å²) in [5.41, 5.74) is 3.03. The first kappa shape index (κ1) is 11.9. The highest BCUT2D eigenvalue weighted by Gasteiger charge is 2.04. The van der Waals surface area contributed by atoms with Crippen molar-refractivity contribution in [2.75, 3.05) is 30.2 Å². The highest BCUT2D eigenvalue weighted by atomic mass is 35.5. The van der Waals surface area contributed by atoms with Crippen LogP contribution in [0.4, 0.5) is 11.4 Å². The Hall–Kier alpha value is -1.22. The maximum Gasteiger partial charge on any atom is 0.239 e. The molecule has 0 unspecified atom stereocenters. The van der Waals surface area contributed by atoms with Gasteiger partial charge in [-0.1, -0.05) is 6.07 Å². The number of nitrogens with one attached hydrogen (secondary N) is 1. The zero-order chi connectivity index (χ0) is 11.4. The molecule has 1 rings (SSSR count). The van der Waals surface area contributed by atoms with E-state index in [0.717, 1.165) is 11.4 Å². The molecule has 1 N–H and O–H groups in total. The Kier molecular flexibility index (Phi) is 3.97. The second-order valence-corrected chi connectivity index (χ2v) is 3.84. The lowest BCUT2D eigenvalue weighted by molar-refractivity contribution is -0.113. The second-order valence-electron chi connectivity index (χ2n) is 3.58. The van der Waals surface area contributed by atoms with Crippen LogP contribution in [0.25, 0.3) is 0 Å². The van der Waals surface area contributed by atoms with Crippen molar-refractivity contribution in [3.05, 3.63) is 23.8 Å². The van der Waals surface area contributed by atoms with Gasteiger partial charge in [0.25, 0.3) is 0 Å². The molecule has 0 aliphatic heterocycles. The molecule has 0 bridgehead atoms. The van der Waals surface area contributed by atoms with E-state index in [-0.39, 0.29) is 11.8 Å². The first-order valence-electron chi connectivity index (χ1n) is 4.68. The summed E-state index contributed by atoms with van der Waals surface area (Å²) >= 11 is 5.41. The van der Waals surface area contributed by atoms with Gasteiger partial charge in [0.1, 0.15) is 5.88 Å². The molecule has 0 radical (unpaired) electrons. The number of benzene rings is 1. The fraction of sp³-hybridized carbons (Fsp3) is 0.364. The zero-order valence-corrected chi connectivity index (χ0v) is 9.93. The summed E-state index contributed by atoms with van der Waals surface area (Å²) in [5.74, 6) is -0.212. The molecule has 0 saturated heterocycles. The number of amides is 1. The minimum Gasteiger partial charge on any atom is -0.377 e. The van der Waals surface area contributed by atoms with Crippen LogP contribution in [0.3, 0.4) is 0 Å². The molecular weight excluding hydrogens is 212 g/mol. The molecule has 0 atom stereocenters. The molecule has 1 amide bonds. The minimum absolute atomic E-state index is 0.0226. The lowest BCUT2D eigenvalue weighted by atomic mass is 10.1. The standard InChI is InChI=1S/C11H15ClN2O/c1-8-4-5-9(13-11(15)7-12)6-10(8)14(2)3/h4-6H,7H2,1-3H3,(H,13,15). The van der Waals surface area contributed by atoms with Crippen molar-refractivity contribution in [2.45, 2.75) is 6.92 Å². The monoisotopic (exact) mass is 226 g/mol. The van der Waals surface area contributed by atoms with Gasteiger partial charge in [0, 0.05) is 25.5 Å². The largest absolute Gasteiger partial charge is 0.377 e. The quantitative estimate of drug-likeness (QED) is 0.802. The maximum absolute atomic E-state index is 11.1. The molecule has 3 nitrogen and oxygen atoms in total. The van der Waals surface area contributed by atoms with E-state index < -0.39 is 0 Å². The number of halogens is 1. The number of carbonyl (C=O) groups is 1. The Balaban J connectivity index is 2.92. The third kappa shape index (κ3) is 3.13. The first-order valence-corrected chi connectivity index (χ1v) is 5.22. The molecular formula is C11H15ClN2O. The molecule has 0 spiro atoms. The smallest absolute Gasteiger partial charge is 0.239 e. The van der Waals surface area contributed by atoms with E-state index >= 15 is 0 Å². The predicted molar refractivity (Wildman–Crippen MR) is 64.9 cm³/mol. The molecule has 0 saturated carbocycles. The van der Waals surface area contributed by atoms with Gasteiger partial charge < -0.3 is 10.2 Å². The number of alkyl halides is 1. The number of hydrogen-bond acceptors (Lipinski definition) is 2. The summed E-state index contributed by atoms with van der Waals surface area (Å²) in [7, 11) is 3.94. The van der Waals surface area contributed by atoms with Crippen LogP contribution in [0.1, 0.15) is 5.56 Å². The van der Waals surface area contributed by atoms with Crippen LogP contribution in [0.2, 0.25) is 0 Å². The molecule has 4 heteroatoms.